The van der Waals surface area contributed by atoms with E-state index >= 15 is 0 Å². The van der Waals surface area contributed by atoms with Crippen LogP contribution in [0, 0.1) is 5.92 Å². The molecule has 1 atom stereocenters. The van der Waals surface area contributed by atoms with Gasteiger partial charge < -0.3 is 10.2 Å². The first-order valence-corrected chi connectivity index (χ1v) is 11.1. The van der Waals surface area contributed by atoms with Crippen LogP contribution in [-0.4, -0.2) is 70.9 Å². The van der Waals surface area contributed by atoms with Crippen LogP contribution in [0.25, 0.3) is 0 Å². The van der Waals surface area contributed by atoms with E-state index in [4.69, 9.17) is 0 Å². The van der Waals surface area contributed by atoms with Crippen LogP contribution in [0.15, 0.2) is 30.3 Å². The van der Waals surface area contributed by atoms with Gasteiger partial charge in [0.1, 0.15) is 5.54 Å². The van der Waals surface area contributed by atoms with Crippen LogP contribution in [-0.2, 0) is 11.3 Å². The van der Waals surface area contributed by atoms with Crippen LogP contribution < -0.4 is 5.32 Å². The number of likely N-dealkylation sites (tertiary alicyclic amines) is 2. The molecule has 158 valence electrons. The fraction of sp³-hybridized carbons (Fsp3) is 0.652. The van der Waals surface area contributed by atoms with Crippen molar-refractivity contribution < 1.29 is 9.59 Å². The average molecular weight is 399 g/mol. The highest BCUT2D eigenvalue weighted by molar-refractivity contribution is 6.07. The summed E-state index contributed by atoms with van der Waals surface area (Å²) in [5, 5.41) is 3.10. The second kappa shape index (κ2) is 8.44. The average Bonchev–Trinajstić information content (AvgIpc) is 2.94. The van der Waals surface area contributed by atoms with Gasteiger partial charge in [-0.05, 0) is 43.7 Å². The van der Waals surface area contributed by atoms with Gasteiger partial charge in [0.05, 0.1) is 6.04 Å². The van der Waals surface area contributed by atoms with Crippen LogP contribution in [0.4, 0.5) is 4.79 Å². The molecule has 3 amide bonds. The van der Waals surface area contributed by atoms with Crippen LogP contribution in [0.5, 0.6) is 0 Å². The third-order valence-corrected chi connectivity index (χ3v) is 6.62. The van der Waals surface area contributed by atoms with Crippen LogP contribution in [0.1, 0.15) is 45.1 Å². The lowest BCUT2D eigenvalue weighted by Crippen LogP contribution is -2.56. The SMILES string of the molecule is CC(C)CN1CCC2(CC1)NC(=O)N([C@@H]1CCCN(Cc3ccccc3)C1)C2=O. The number of benzene rings is 1. The predicted octanol–water partition coefficient (Wildman–Crippen LogP) is 2.69. The number of hydrogen-bond donors (Lipinski definition) is 1. The highest BCUT2D eigenvalue weighted by atomic mass is 16.2. The molecule has 0 aliphatic carbocycles. The standard InChI is InChI=1S/C23H34N4O2/c1-18(2)15-25-13-10-23(11-14-25)21(28)27(22(29)24-23)20-9-6-12-26(17-20)16-19-7-4-3-5-8-19/h3-5,7-8,18,20H,6,9-17H2,1-2H3,(H,24,29)/t20-/m1/s1. The van der Waals surface area contributed by atoms with Gasteiger partial charge in [0.25, 0.3) is 5.91 Å². The number of rotatable bonds is 5. The zero-order chi connectivity index (χ0) is 20.4. The molecule has 0 radical (unpaired) electrons. The molecule has 3 aliphatic heterocycles. The highest BCUT2D eigenvalue weighted by Gasteiger charge is 2.54. The lowest BCUT2D eigenvalue weighted by atomic mass is 9.86. The van der Waals surface area contributed by atoms with Crippen molar-refractivity contribution in [2.45, 2.75) is 57.7 Å². The summed E-state index contributed by atoms with van der Waals surface area (Å²) < 4.78 is 0. The topological polar surface area (TPSA) is 55.9 Å². The van der Waals surface area contributed by atoms with Crippen molar-refractivity contribution in [3.05, 3.63) is 35.9 Å². The largest absolute Gasteiger partial charge is 0.325 e. The maximum Gasteiger partial charge on any atom is 0.325 e. The van der Waals surface area contributed by atoms with E-state index in [0.29, 0.717) is 5.92 Å². The molecule has 0 aromatic heterocycles. The number of carbonyl (C=O) groups excluding carboxylic acids is 2. The molecule has 0 bridgehead atoms. The van der Waals surface area contributed by atoms with Crippen molar-refractivity contribution in [2.75, 3.05) is 32.7 Å². The molecule has 3 heterocycles. The minimum atomic E-state index is -0.674. The molecule has 4 rings (SSSR count). The zero-order valence-electron chi connectivity index (χ0n) is 17.8. The van der Waals surface area contributed by atoms with Crippen LogP contribution in [0.2, 0.25) is 0 Å². The molecule has 1 aromatic rings. The summed E-state index contributed by atoms with van der Waals surface area (Å²) in [4.78, 5) is 32.6. The summed E-state index contributed by atoms with van der Waals surface area (Å²) in [7, 11) is 0. The Kier molecular flexibility index (Phi) is 5.93. The number of nitrogens with zero attached hydrogens (tertiary/aromatic N) is 3. The van der Waals surface area contributed by atoms with E-state index in [1.807, 2.05) is 6.07 Å². The van der Waals surface area contributed by atoms with Gasteiger partial charge in [0, 0.05) is 32.7 Å². The summed E-state index contributed by atoms with van der Waals surface area (Å²) in [5.41, 5.74) is 0.603. The van der Waals surface area contributed by atoms with Crippen molar-refractivity contribution in [1.29, 1.82) is 0 Å². The molecule has 3 fully saturated rings. The van der Waals surface area contributed by atoms with Crippen molar-refractivity contribution >= 4 is 11.9 Å². The van der Waals surface area contributed by atoms with Gasteiger partial charge in [-0.25, -0.2) is 4.79 Å². The van der Waals surface area contributed by atoms with Crippen LogP contribution >= 0.6 is 0 Å². The van der Waals surface area contributed by atoms with Crippen molar-refractivity contribution in [2.24, 2.45) is 5.92 Å². The molecule has 6 nitrogen and oxygen atoms in total. The Morgan fingerprint density at radius 1 is 1.07 bits per heavy atom. The quantitative estimate of drug-likeness (QED) is 0.775. The van der Waals surface area contributed by atoms with Gasteiger partial charge in [0.15, 0.2) is 0 Å². The van der Waals surface area contributed by atoms with E-state index in [-0.39, 0.29) is 18.0 Å². The van der Waals surface area contributed by atoms with Gasteiger partial charge in [-0.1, -0.05) is 44.2 Å². The molecule has 1 aromatic carbocycles. The number of amides is 3. The normalized spacial score (nSPS) is 25.8. The van der Waals surface area contributed by atoms with Crippen LogP contribution in [0.3, 0.4) is 0 Å². The van der Waals surface area contributed by atoms with E-state index in [1.54, 1.807) is 4.90 Å². The molecule has 0 unspecified atom stereocenters. The minimum Gasteiger partial charge on any atom is -0.323 e. The molecule has 1 N–H and O–H groups in total. The first-order chi connectivity index (χ1) is 14.0. The number of imide groups is 1. The lowest BCUT2D eigenvalue weighted by Gasteiger charge is -2.39. The summed E-state index contributed by atoms with van der Waals surface area (Å²) in [5.74, 6) is 0.630. The molecule has 6 heteroatoms. The van der Waals surface area contributed by atoms with Crippen molar-refractivity contribution in [3.8, 4) is 0 Å². The summed E-state index contributed by atoms with van der Waals surface area (Å²) in [6.45, 7) is 9.91. The molecule has 1 spiro atoms. The Labute approximate surface area is 174 Å². The first kappa shape index (κ1) is 20.4. The molecule has 3 aliphatic rings. The Balaban J connectivity index is 1.40. The maximum absolute atomic E-state index is 13.4. The summed E-state index contributed by atoms with van der Waals surface area (Å²) in [6, 6.07) is 10.2. The molecule has 3 saturated heterocycles. The van der Waals surface area contributed by atoms with E-state index in [2.05, 4.69) is 53.2 Å². The van der Waals surface area contributed by atoms with Gasteiger partial charge in [-0.15, -0.1) is 0 Å². The van der Waals surface area contributed by atoms with Gasteiger partial charge in [-0.3, -0.25) is 14.6 Å². The number of hydrogen-bond acceptors (Lipinski definition) is 4. The predicted molar refractivity (Wildman–Crippen MR) is 113 cm³/mol. The zero-order valence-corrected chi connectivity index (χ0v) is 17.8. The Morgan fingerprint density at radius 2 is 1.79 bits per heavy atom. The summed E-state index contributed by atoms with van der Waals surface area (Å²) >= 11 is 0. The highest BCUT2D eigenvalue weighted by Crippen LogP contribution is 2.32. The summed E-state index contributed by atoms with van der Waals surface area (Å²) in [6.07, 6.45) is 3.37. The van der Waals surface area contributed by atoms with Gasteiger partial charge in [0.2, 0.25) is 0 Å². The molecule has 0 saturated carbocycles. The first-order valence-electron chi connectivity index (χ1n) is 11.1. The van der Waals surface area contributed by atoms with E-state index in [0.717, 1.165) is 65.0 Å². The van der Waals surface area contributed by atoms with Gasteiger partial charge >= 0.3 is 6.03 Å². The Hall–Kier alpha value is -1.92. The second-order valence-electron chi connectivity index (χ2n) is 9.40. The number of urea groups is 1. The Morgan fingerprint density at radius 3 is 2.48 bits per heavy atom. The fourth-order valence-corrected chi connectivity index (χ4v) is 5.17. The van der Waals surface area contributed by atoms with Crippen molar-refractivity contribution in [1.82, 2.24) is 20.0 Å². The Bertz CT molecular complexity index is 728. The number of piperidine rings is 2. The number of nitrogens with one attached hydrogen (secondary N) is 1. The number of carbonyl (C=O) groups is 2. The second-order valence-corrected chi connectivity index (χ2v) is 9.40. The smallest absolute Gasteiger partial charge is 0.323 e. The maximum atomic E-state index is 13.4. The third kappa shape index (κ3) is 4.33. The molecule has 29 heavy (non-hydrogen) atoms. The monoisotopic (exact) mass is 398 g/mol. The van der Waals surface area contributed by atoms with E-state index in [1.165, 1.54) is 5.56 Å². The van der Waals surface area contributed by atoms with E-state index in [9.17, 15) is 9.59 Å². The minimum absolute atomic E-state index is 0.0123. The van der Waals surface area contributed by atoms with E-state index < -0.39 is 5.54 Å². The lowest BCUT2D eigenvalue weighted by molar-refractivity contribution is -0.135. The van der Waals surface area contributed by atoms with Gasteiger partial charge in [-0.2, -0.15) is 0 Å². The third-order valence-electron chi connectivity index (χ3n) is 6.62. The molecular formula is C23H34N4O2. The fourth-order valence-electron chi connectivity index (χ4n) is 5.17. The van der Waals surface area contributed by atoms with Crippen molar-refractivity contribution in [3.63, 3.8) is 0 Å². The molecular weight excluding hydrogens is 364 g/mol.